The summed E-state index contributed by atoms with van der Waals surface area (Å²) in [5.74, 6) is -0.908. The predicted octanol–water partition coefficient (Wildman–Crippen LogP) is 8.16. The van der Waals surface area contributed by atoms with Gasteiger partial charge in [0.25, 0.3) is 5.69 Å². The molecule has 2 aliphatic carbocycles. The van der Waals surface area contributed by atoms with E-state index in [0.717, 1.165) is 36.8 Å². The molecule has 326 valence electrons. The number of benzene rings is 3. The molecule has 3 N–H and O–H groups in total. The number of allylic oxidation sites excluding steroid dienone is 1. The summed E-state index contributed by atoms with van der Waals surface area (Å²) in [4.78, 5) is 33.7. The van der Waals surface area contributed by atoms with Crippen molar-refractivity contribution >= 4 is 17.5 Å². The number of non-ortho nitro benzene ring substituents is 1. The number of hydrogen-bond acceptors (Lipinski definition) is 13. The van der Waals surface area contributed by atoms with Crippen molar-refractivity contribution in [3.63, 3.8) is 0 Å². The van der Waals surface area contributed by atoms with E-state index in [0.29, 0.717) is 41.4 Å². The fourth-order valence-electron chi connectivity index (χ4n) is 9.18. The number of aliphatic hydroxyl groups is 2. The first-order valence-electron chi connectivity index (χ1n) is 20.9. The molecule has 0 spiro atoms. The number of fused-ring (bicyclic) bond motifs is 3. The third-order valence-electron chi connectivity index (χ3n) is 11.7. The molecule has 0 unspecified atom stereocenters. The average molecular weight is 842 g/mol. The van der Waals surface area contributed by atoms with Crippen molar-refractivity contribution in [2.45, 2.75) is 95.6 Å². The number of amides is 1. The van der Waals surface area contributed by atoms with E-state index >= 15 is 0 Å². The minimum Gasteiger partial charge on any atom is -0.508 e. The molecule has 0 bridgehead atoms. The Hall–Kier alpha value is -5.64. The number of phenols is 1. The quantitative estimate of drug-likeness (QED) is 0.0512. The Bertz CT molecular complexity index is 2130. The molecule has 0 aromatic heterocycles. The topological polar surface area (TPSA) is 192 Å². The van der Waals surface area contributed by atoms with Crippen molar-refractivity contribution in [1.82, 2.24) is 4.90 Å². The van der Waals surface area contributed by atoms with Gasteiger partial charge in [0.1, 0.15) is 28.9 Å². The lowest BCUT2D eigenvalue weighted by Gasteiger charge is -2.59. The molecule has 2 aliphatic heterocycles. The lowest BCUT2D eigenvalue weighted by molar-refractivity contribution is -0.384. The zero-order chi connectivity index (χ0) is 43.3. The molecule has 4 aliphatic rings. The fraction of sp³-hybridized carbons (Fsp3) is 0.478. The SMILES string of the molecule is C=CCO[C@@]12Oc3ccc(O)cc3[C@H]3[C@H](CCCCO)[C@@H](CCCCO)C=C(C(=NOC(C)(C)C)C[C@@H]1N(Cc1ccc4c(c1)OCO4)C(=O)Oc1ccc([N+](=O)[O-])cc1)[C@H]32. The highest BCUT2D eigenvalue weighted by molar-refractivity contribution is 6.03. The maximum Gasteiger partial charge on any atom is 0.416 e. The fourth-order valence-corrected chi connectivity index (χ4v) is 9.18. The summed E-state index contributed by atoms with van der Waals surface area (Å²) in [6.45, 7) is 9.86. The number of nitrogens with zero attached hydrogens (tertiary/aromatic N) is 3. The first-order valence-corrected chi connectivity index (χ1v) is 20.9. The standard InChI is InChI=1S/C46H55N3O12/c1-5-22-58-46-41(48(27-29-12-18-39-40(23-29)57-28-56-39)44(53)59-33-16-13-31(14-17-33)49(54)55)26-37(47-61-45(2,3)4)35-24-30(10-6-8-20-50)34(11-7-9-21-51)42(43(35)46)36-25-32(52)15-19-38(36)60-46/h5,12-19,23-25,30,34,41-43,50-52H,1,6-11,20-22,26-28H2,2-4H3/t30-,34+,41-,42+,43+,46+/m0/s1. The number of oxime groups is 1. The second-order valence-corrected chi connectivity index (χ2v) is 16.9. The van der Waals surface area contributed by atoms with Crippen LogP contribution in [0.25, 0.3) is 0 Å². The van der Waals surface area contributed by atoms with Crippen molar-refractivity contribution in [2.24, 2.45) is 22.9 Å². The van der Waals surface area contributed by atoms with Gasteiger partial charge in [-0.1, -0.05) is 36.2 Å². The summed E-state index contributed by atoms with van der Waals surface area (Å²) in [5.41, 5.74) is 2.04. The van der Waals surface area contributed by atoms with Gasteiger partial charge in [0.05, 0.1) is 23.2 Å². The Morgan fingerprint density at radius 1 is 1.00 bits per heavy atom. The summed E-state index contributed by atoms with van der Waals surface area (Å²) in [7, 11) is 0. The Labute approximate surface area is 355 Å². The largest absolute Gasteiger partial charge is 0.508 e. The minimum absolute atomic E-state index is 0.000112. The van der Waals surface area contributed by atoms with E-state index in [2.05, 4.69) is 12.7 Å². The van der Waals surface area contributed by atoms with Gasteiger partial charge in [-0.2, -0.15) is 0 Å². The van der Waals surface area contributed by atoms with Gasteiger partial charge in [0.15, 0.2) is 11.5 Å². The highest BCUT2D eigenvalue weighted by Crippen LogP contribution is 2.62. The molecule has 7 rings (SSSR count). The Balaban J connectivity index is 1.45. The minimum atomic E-state index is -1.61. The molecule has 3 aromatic carbocycles. The normalized spacial score (nSPS) is 24.2. The van der Waals surface area contributed by atoms with Gasteiger partial charge in [-0.05, 0) is 112 Å². The van der Waals surface area contributed by atoms with E-state index < -0.39 is 34.4 Å². The summed E-state index contributed by atoms with van der Waals surface area (Å²) < 4.78 is 31.6. The molecule has 15 heteroatoms. The number of aromatic hydroxyl groups is 1. The number of carbonyl (C=O) groups excluding carboxylic acids is 1. The third-order valence-corrected chi connectivity index (χ3v) is 11.7. The van der Waals surface area contributed by atoms with Crippen LogP contribution in [0.3, 0.4) is 0 Å². The molecule has 0 radical (unpaired) electrons. The van der Waals surface area contributed by atoms with E-state index in [1.165, 1.54) is 24.3 Å². The first-order chi connectivity index (χ1) is 29.3. The van der Waals surface area contributed by atoms with Crippen LogP contribution >= 0.6 is 0 Å². The predicted molar refractivity (Wildman–Crippen MR) is 225 cm³/mol. The number of rotatable bonds is 17. The summed E-state index contributed by atoms with van der Waals surface area (Å²) in [6, 6.07) is 14.8. The van der Waals surface area contributed by atoms with Crippen molar-refractivity contribution in [2.75, 3.05) is 26.6 Å². The van der Waals surface area contributed by atoms with Gasteiger partial charge in [0, 0.05) is 49.8 Å². The van der Waals surface area contributed by atoms with E-state index in [1.807, 2.05) is 26.8 Å². The Kier molecular flexibility index (Phi) is 13.2. The number of ether oxygens (including phenoxy) is 5. The summed E-state index contributed by atoms with van der Waals surface area (Å²) in [5, 5.41) is 47.1. The number of phenolic OH excluding ortho intramolecular Hbond substituents is 1. The van der Waals surface area contributed by atoms with Crippen molar-refractivity contribution in [3.8, 4) is 28.7 Å². The Morgan fingerprint density at radius 3 is 2.43 bits per heavy atom. The molecular formula is C46H55N3O12. The van der Waals surface area contributed by atoms with Crippen LogP contribution in [0.15, 0.2) is 90.1 Å². The van der Waals surface area contributed by atoms with Gasteiger partial charge in [-0.15, -0.1) is 6.58 Å². The van der Waals surface area contributed by atoms with E-state index in [1.54, 1.807) is 41.3 Å². The molecule has 6 atom stereocenters. The van der Waals surface area contributed by atoms with Crippen LogP contribution in [0, 0.1) is 27.9 Å². The van der Waals surface area contributed by atoms with Gasteiger partial charge in [0.2, 0.25) is 12.6 Å². The van der Waals surface area contributed by atoms with E-state index in [9.17, 15) is 30.2 Å². The van der Waals surface area contributed by atoms with Crippen LogP contribution in [-0.4, -0.2) is 81.0 Å². The molecule has 1 saturated carbocycles. The number of unbranched alkanes of at least 4 members (excludes halogenated alkanes) is 2. The molecule has 3 aromatic rings. The number of carbonyl (C=O) groups is 1. The van der Waals surface area contributed by atoms with Crippen molar-refractivity contribution in [1.29, 1.82) is 0 Å². The summed E-state index contributed by atoms with van der Waals surface area (Å²) >= 11 is 0. The third kappa shape index (κ3) is 9.33. The average Bonchev–Trinajstić information content (AvgIpc) is 3.71. The van der Waals surface area contributed by atoms with E-state index in [4.69, 9.17) is 33.7 Å². The smallest absolute Gasteiger partial charge is 0.416 e. The number of nitro benzene ring substituents is 1. The highest BCUT2D eigenvalue weighted by Gasteiger charge is 2.66. The van der Waals surface area contributed by atoms with Gasteiger partial charge in [-0.25, -0.2) is 4.79 Å². The second kappa shape index (κ2) is 18.5. The van der Waals surface area contributed by atoms with Crippen molar-refractivity contribution in [3.05, 3.63) is 106 Å². The number of hydrogen-bond donors (Lipinski definition) is 3. The second-order valence-electron chi connectivity index (χ2n) is 16.9. The first kappa shape index (κ1) is 43.4. The maximum absolute atomic E-state index is 15.0. The lowest BCUT2D eigenvalue weighted by Crippen LogP contribution is -2.70. The molecule has 15 nitrogen and oxygen atoms in total. The number of aliphatic hydroxyl groups excluding tert-OH is 2. The van der Waals surface area contributed by atoms with Crippen LogP contribution < -0.4 is 18.9 Å². The molecule has 1 amide bonds. The van der Waals surface area contributed by atoms with Gasteiger partial charge < -0.3 is 43.8 Å². The molecule has 61 heavy (non-hydrogen) atoms. The van der Waals surface area contributed by atoms with Crippen LogP contribution in [0.2, 0.25) is 0 Å². The zero-order valence-corrected chi connectivity index (χ0v) is 34.9. The van der Waals surface area contributed by atoms with Crippen LogP contribution in [0.1, 0.15) is 82.8 Å². The van der Waals surface area contributed by atoms with Gasteiger partial charge >= 0.3 is 6.09 Å². The lowest BCUT2D eigenvalue weighted by atomic mass is 9.55. The Morgan fingerprint density at radius 2 is 1.72 bits per heavy atom. The molecule has 2 heterocycles. The monoisotopic (exact) mass is 841 g/mol. The molecule has 1 fully saturated rings. The molecular weight excluding hydrogens is 787 g/mol. The molecule has 0 saturated heterocycles. The van der Waals surface area contributed by atoms with E-state index in [-0.39, 0.29) is 74.5 Å². The maximum atomic E-state index is 15.0. The zero-order valence-electron chi connectivity index (χ0n) is 34.9. The van der Waals surface area contributed by atoms with Gasteiger partial charge in [-0.3, -0.25) is 15.0 Å². The van der Waals surface area contributed by atoms with Crippen LogP contribution in [-0.2, 0) is 16.1 Å². The number of nitro groups is 1. The van der Waals surface area contributed by atoms with Crippen LogP contribution in [0.5, 0.6) is 28.7 Å². The summed E-state index contributed by atoms with van der Waals surface area (Å²) in [6.07, 6.45) is 7.40. The van der Waals surface area contributed by atoms with Crippen LogP contribution in [0.4, 0.5) is 10.5 Å². The van der Waals surface area contributed by atoms with Crippen molar-refractivity contribution < 1.29 is 53.6 Å². The highest BCUT2D eigenvalue weighted by atomic mass is 16.7.